The van der Waals surface area contributed by atoms with Crippen molar-refractivity contribution in [3.63, 3.8) is 0 Å². The number of rotatable bonds is 1. The summed E-state index contributed by atoms with van der Waals surface area (Å²) in [6.45, 7) is 7.50. The molecule has 0 saturated heterocycles. The minimum atomic E-state index is 0.0644. The number of hydrogen-bond donors (Lipinski definition) is 1. The standard InChI is InChI=1S/C26H22N2S2/c1-26(2,3)20-13-16(12-15-6-4-5-7-17(15)20)22-25-23(28-14-27-22)19-8-9-21-18(10-11-29-21)24(19)30-25/h4-13,28H,14H2,1-3H3. The molecular weight excluding hydrogens is 404 g/mol. The van der Waals surface area contributed by atoms with Gasteiger partial charge in [0.1, 0.15) is 6.67 Å². The smallest absolute Gasteiger partial charge is 0.108 e. The Balaban J connectivity index is 1.62. The van der Waals surface area contributed by atoms with Crippen LogP contribution < -0.4 is 5.32 Å². The predicted molar refractivity (Wildman–Crippen MR) is 134 cm³/mol. The fourth-order valence-corrected chi connectivity index (χ4v) is 6.70. The molecule has 148 valence electrons. The molecule has 0 atom stereocenters. The normalized spacial score (nSPS) is 14.2. The molecule has 5 aromatic rings. The summed E-state index contributed by atoms with van der Waals surface area (Å²) >= 11 is 3.68. The molecule has 1 N–H and O–H groups in total. The van der Waals surface area contributed by atoms with E-state index >= 15 is 0 Å². The average molecular weight is 427 g/mol. The maximum Gasteiger partial charge on any atom is 0.108 e. The SMILES string of the molecule is CC(C)(C)c1cc(C2=NCNc3c2sc2c3ccc3sccc32)cc2ccccc12. The van der Waals surface area contributed by atoms with Crippen molar-refractivity contribution in [1.29, 1.82) is 0 Å². The van der Waals surface area contributed by atoms with Gasteiger partial charge in [0.2, 0.25) is 0 Å². The van der Waals surface area contributed by atoms with Crippen molar-refractivity contribution >= 4 is 65.0 Å². The molecule has 3 heterocycles. The van der Waals surface area contributed by atoms with Crippen molar-refractivity contribution in [1.82, 2.24) is 0 Å². The third-order valence-corrected chi connectivity index (χ3v) is 8.07. The first-order chi connectivity index (χ1) is 14.5. The van der Waals surface area contributed by atoms with Crippen LogP contribution in [-0.2, 0) is 5.41 Å². The molecule has 0 spiro atoms. The number of aliphatic imine (C=N–C) groups is 1. The van der Waals surface area contributed by atoms with E-state index in [0.29, 0.717) is 6.67 Å². The van der Waals surface area contributed by atoms with Gasteiger partial charge in [-0.1, -0.05) is 45.0 Å². The Morgan fingerprint density at radius 2 is 1.80 bits per heavy atom. The van der Waals surface area contributed by atoms with Crippen LogP contribution in [0.25, 0.3) is 30.9 Å². The molecule has 0 radical (unpaired) electrons. The molecule has 2 nitrogen and oxygen atoms in total. The average Bonchev–Trinajstić information content (AvgIpc) is 3.36. The minimum Gasteiger partial charge on any atom is -0.365 e. The van der Waals surface area contributed by atoms with Crippen LogP contribution in [0.2, 0.25) is 0 Å². The Bertz CT molecular complexity index is 1480. The molecule has 6 rings (SSSR count). The van der Waals surface area contributed by atoms with Crippen molar-refractivity contribution in [3.8, 4) is 0 Å². The van der Waals surface area contributed by atoms with Gasteiger partial charge in [-0.05, 0) is 57.5 Å². The van der Waals surface area contributed by atoms with Gasteiger partial charge in [-0.3, -0.25) is 4.99 Å². The first-order valence-corrected chi connectivity index (χ1v) is 12.0. The van der Waals surface area contributed by atoms with Crippen LogP contribution in [0, 0.1) is 0 Å². The highest BCUT2D eigenvalue weighted by molar-refractivity contribution is 7.24. The first kappa shape index (κ1) is 18.1. The predicted octanol–water partition coefficient (Wildman–Crippen LogP) is 7.79. The highest BCUT2D eigenvalue weighted by atomic mass is 32.1. The highest BCUT2D eigenvalue weighted by Crippen LogP contribution is 2.44. The van der Waals surface area contributed by atoms with E-state index in [1.807, 2.05) is 22.7 Å². The molecule has 2 aromatic heterocycles. The van der Waals surface area contributed by atoms with E-state index in [1.165, 1.54) is 52.6 Å². The zero-order valence-corrected chi connectivity index (χ0v) is 18.9. The third kappa shape index (κ3) is 2.64. The summed E-state index contributed by atoms with van der Waals surface area (Å²) in [5.41, 5.74) is 5.01. The van der Waals surface area contributed by atoms with Crippen molar-refractivity contribution in [2.45, 2.75) is 26.2 Å². The fraction of sp³-hybridized carbons (Fsp3) is 0.192. The quantitative estimate of drug-likeness (QED) is 0.291. The second-order valence-electron chi connectivity index (χ2n) is 8.92. The summed E-state index contributed by atoms with van der Waals surface area (Å²) in [5.74, 6) is 0. The molecule has 1 aliphatic heterocycles. The van der Waals surface area contributed by atoms with Crippen molar-refractivity contribution in [2.24, 2.45) is 4.99 Å². The molecule has 3 aromatic carbocycles. The Hall–Kier alpha value is -2.69. The van der Waals surface area contributed by atoms with Gasteiger partial charge < -0.3 is 5.32 Å². The zero-order valence-electron chi connectivity index (χ0n) is 17.2. The third-order valence-electron chi connectivity index (χ3n) is 5.94. The van der Waals surface area contributed by atoms with Gasteiger partial charge in [-0.15, -0.1) is 22.7 Å². The Morgan fingerprint density at radius 3 is 2.67 bits per heavy atom. The van der Waals surface area contributed by atoms with E-state index in [0.717, 1.165) is 5.71 Å². The summed E-state index contributed by atoms with van der Waals surface area (Å²) in [4.78, 5) is 6.21. The van der Waals surface area contributed by atoms with E-state index in [9.17, 15) is 0 Å². The number of anilines is 1. The number of nitrogens with zero attached hydrogens (tertiary/aromatic N) is 1. The monoisotopic (exact) mass is 426 g/mol. The number of hydrogen-bond acceptors (Lipinski definition) is 4. The fourth-order valence-electron chi connectivity index (χ4n) is 4.50. The van der Waals surface area contributed by atoms with Crippen LogP contribution >= 0.6 is 22.7 Å². The zero-order chi connectivity index (χ0) is 20.5. The lowest BCUT2D eigenvalue weighted by atomic mass is 9.82. The van der Waals surface area contributed by atoms with Crippen LogP contribution in [0.1, 0.15) is 36.8 Å². The second kappa shape index (κ2) is 6.40. The summed E-state index contributed by atoms with van der Waals surface area (Å²) in [7, 11) is 0. The molecular formula is C26H22N2S2. The summed E-state index contributed by atoms with van der Waals surface area (Å²) < 4.78 is 2.71. The van der Waals surface area contributed by atoms with Crippen LogP contribution in [0.3, 0.4) is 0 Å². The van der Waals surface area contributed by atoms with Gasteiger partial charge in [-0.25, -0.2) is 0 Å². The van der Waals surface area contributed by atoms with E-state index in [1.54, 1.807) is 0 Å². The first-order valence-electron chi connectivity index (χ1n) is 10.3. The molecule has 0 fully saturated rings. The van der Waals surface area contributed by atoms with Gasteiger partial charge in [0.15, 0.2) is 0 Å². The van der Waals surface area contributed by atoms with Crippen LogP contribution in [0.5, 0.6) is 0 Å². The van der Waals surface area contributed by atoms with Crippen LogP contribution in [0.15, 0.2) is 65.0 Å². The maximum atomic E-state index is 4.95. The largest absolute Gasteiger partial charge is 0.365 e. The molecule has 0 unspecified atom stereocenters. The molecule has 30 heavy (non-hydrogen) atoms. The summed E-state index contributed by atoms with van der Waals surface area (Å²) in [6.07, 6.45) is 0. The number of thiophene rings is 2. The Kier molecular flexibility index (Phi) is 3.86. The second-order valence-corrected chi connectivity index (χ2v) is 10.9. The van der Waals surface area contributed by atoms with Crippen molar-refractivity contribution in [2.75, 3.05) is 12.0 Å². The van der Waals surface area contributed by atoms with E-state index < -0.39 is 0 Å². The van der Waals surface area contributed by atoms with Crippen molar-refractivity contribution < 1.29 is 0 Å². The van der Waals surface area contributed by atoms with Gasteiger partial charge >= 0.3 is 0 Å². The van der Waals surface area contributed by atoms with Gasteiger partial charge in [0, 0.05) is 25.7 Å². The lowest BCUT2D eigenvalue weighted by Crippen LogP contribution is -2.17. The van der Waals surface area contributed by atoms with Crippen LogP contribution in [-0.4, -0.2) is 12.4 Å². The molecule has 0 amide bonds. The van der Waals surface area contributed by atoms with E-state index in [-0.39, 0.29) is 5.41 Å². The highest BCUT2D eigenvalue weighted by Gasteiger charge is 2.25. The van der Waals surface area contributed by atoms with E-state index in [2.05, 4.69) is 86.1 Å². The minimum absolute atomic E-state index is 0.0644. The van der Waals surface area contributed by atoms with Crippen molar-refractivity contribution in [3.05, 3.63) is 76.0 Å². The van der Waals surface area contributed by atoms with Gasteiger partial charge in [0.25, 0.3) is 0 Å². The number of fused-ring (bicyclic) bond motifs is 6. The number of benzene rings is 3. The topological polar surface area (TPSA) is 24.4 Å². The van der Waals surface area contributed by atoms with Gasteiger partial charge in [0.05, 0.1) is 16.3 Å². The Morgan fingerprint density at radius 1 is 0.933 bits per heavy atom. The molecule has 0 saturated carbocycles. The lowest BCUT2D eigenvalue weighted by Gasteiger charge is -2.24. The molecule has 0 aliphatic carbocycles. The molecule has 4 heteroatoms. The lowest BCUT2D eigenvalue weighted by molar-refractivity contribution is 0.596. The van der Waals surface area contributed by atoms with Crippen LogP contribution in [0.4, 0.5) is 5.69 Å². The molecule has 1 aliphatic rings. The summed E-state index contributed by atoms with van der Waals surface area (Å²) in [6, 6.07) is 20.1. The molecule has 0 bridgehead atoms. The number of nitrogens with one attached hydrogen (secondary N) is 1. The van der Waals surface area contributed by atoms with E-state index in [4.69, 9.17) is 4.99 Å². The maximum absolute atomic E-state index is 4.95. The van der Waals surface area contributed by atoms with Gasteiger partial charge in [-0.2, -0.15) is 0 Å². The summed E-state index contributed by atoms with van der Waals surface area (Å²) in [5, 5.41) is 11.0. The Labute approximate surface area is 183 Å².